The number of ether oxygens (including phenoxy) is 2. The monoisotopic (exact) mass is 427 g/mol. The zero-order valence-corrected chi connectivity index (χ0v) is 18.9. The summed E-state index contributed by atoms with van der Waals surface area (Å²) in [5.41, 5.74) is 3.27. The van der Waals surface area contributed by atoms with Gasteiger partial charge >= 0.3 is 5.97 Å². The average molecular weight is 428 g/mol. The van der Waals surface area contributed by atoms with E-state index in [0.29, 0.717) is 35.5 Å². The molecule has 7 heteroatoms. The number of nitrogens with zero attached hydrogens (tertiary/aromatic N) is 1. The van der Waals surface area contributed by atoms with Crippen LogP contribution < -0.4 is 10.1 Å². The van der Waals surface area contributed by atoms with Crippen molar-refractivity contribution in [3.8, 4) is 5.75 Å². The van der Waals surface area contributed by atoms with Crippen molar-refractivity contribution < 1.29 is 19.1 Å². The van der Waals surface area contributed by atoms with Gasteiger partial charge in [0.05, 0.1) is 25.8 Å². The maximum Gasteiger partial charge on any atom is 0.339 e. The number of piperidine rings is 1. The number of carbonyl (C=O) groups excluding carboxylic acids is 2. The number of hydrogen-bond acceptors (Lipinski definition) is 5. The van der Waals surface area contributed by atoms with Gasteiger partial charge in [-0.25, -0.2) is 4.79 Å². The number of amides is 1. The number of nitrogens with one attached hydrogen (secondary N) is 2. The van der Waals surface area contributed by atoms with Crippen molar-refractivity contribution in [2.75, 3.05) is 33.9 Å². The van der Waals surface area contributed by atoms with E-state index in [0.717, 1.165) is 37.2 Å². The minimum atomic E-state index is -0.426. The Hall–Kier alpha value is -2.80. The highest BCUT2D eigenvalue weighted by molar-refractivity contribution is 6.00. The standard InChI is InChI=1S/C24H33N3O4/c1-5-18-21(24(29)31-4)16(2)22(26-18)23(28)25-15-19(27-13-9-6-10-14-27)17-11-7-8-12-20(17)30-3/h7-8,11-12,19,26H,5-6,9-10,13-15H2,1-4H3,(H,25,28). The van der Waals surface area contributed by atoms with Crippen LogP contribution in [-0.4, -0.2) is 55.6 Å². The van der Waals surface area contributed by atoms with Gasteiger partial charge in [-0.05, 0) is 50.9 Å². The summed E-state index contributed by atoms with van der Waals surface area (Å²) in [6.07, 6.45) is 4.14. The largest absolute Gasteiger partial charge is 0.496 e. The molecule has 1 amide bonds. The molecule has 2 N–H and O–H groups in total. The first-order chi connectivity index (χ1) is 15.0. The predicted molar refractivity (Wildman–Crippen MR) is 120 cm³/mol. The summed E-state index contributed by atoms with van der Waals surface area (Å²) in [6.45, 7) is 6.15. The molecule has 31 heavy (non-hydrogen) atoms. The van der Waals surface area contributed by atoms with Gasteiger partial charge < -0.3 is 19.8 Å². The summed E-state index contributed by atoms with van der Waals surface area (Å²) in [7, 11) is 3.03. The second-order valence-corrected chi connectivity index (χ2v) is 7.89. The topological polar surface area (TPSA) is 83.7 Å². The van der Waals surface area contributed by atoms with Crippen LogP contribution >= 0.6 is 0 Å². The molecule has 1 atom stereocenters. The number of aryl methyl sites for hydroxylation is 1. The smallest absolute Gasteiger partial charge is 0.339 e. The fraction of sp³-hybridized carbons (Fsp3) is 0.500. The number of para-hydroxylation sites is 1. The van der Waals surface area contributed by atoms with E-state index < -0.39 is 5.97 Å². The van der Waals surface area contributed by atoms with Crippen LogP contribution in [0.3, 0.4) is 0 Å². The van der Waals surface area contributed by atoms with Crippen molar-refractivity contribution in [1.82, 2.24) is 15.2 Å². The summed E-state index contributed by atoms with van der Waals surface area (Å²) < 4.78 is 10.5. The summed E-state index contributed by atoms with van der Waals surface area (Å²) in [4.78, 5) is 30.8. The molecule has 1 unspecified atom stereocenters. The molecule has 0 radical (unpaired) electrons. The number of carbonyl (C=O) groups is 2. The van der Waals surface area contributed by atoms with E-state index in [9.17, 15) is 9.59 Å². The molecule has 1 saturated heterocycles. The molecule has 1 fully saturated rings. The van der Waals surface area contributed by atoms with Crippen LogP contribution in [0, 0.1) is 6.92 Å². The number of likely N-dealkylation sites (tertiary alicyclic amines) is 1. The maximum atomic E-state index is 13.1. The molecule has 0 spiro atoms. The van der Waals surface area contributed by atoms with E-state index in [1.807, 2.05) is 25.1 Å². The normalized spacial score (nSPS) is 15.4. The van der Waals surface area contributed by atoms with Gasteiger partial charge in [0.15, 0.2) is 0 Å². The van der Waals surface area contributed by atoms with Crippen LogP contribution in [-0.2, 0) is 11.2 Å². The maximum absolute atomic E-state index is 13.1. The molecule has 2 aromatic rings. The van der Waals surface area contributed by atoms with E-state index >= 15 is 0 Å². The van der Waals surface area contributed by atoms with Crippen LogP contribution in [0.15, 0.2) is 24.3 Å². The van der Waals surface area contributed by atoms with Crippen LogP contribution in [0.5, 0.6) is 5.75 Å². The van der Waals surface area contributed by atoms with Gasteiger partial charge in [-0.2, -0.15) is 0 Å². The lowest BCUT2D eigenvalue weighted by Crippen LogP contribution is -2.41. The number of hydrogen-bond donors (Lipinski definition) is 2. The first-order valence-electron chi connectivity index (χ1n) is 11.0. The summed E-state index contributed by atoms with van der Waals surface area (Å²) >= 11 is 0. The Morgan fingerprint density at radius 1 is 1.16 bits per heavy atom. The fourth-order valence-corrected chi connectivity index (χ4v) is 4.41. The molecule has 7 nitrogen and oxygen atoms in total. The predicted octanol–water partition coefficient (Wildman–Crippen LogP) is 3.64. The first-order valence-corrected chi connectivity index (χ1v) is 11.0. The highest BCUT2D eigenvalue weighted by Crippen LogP contribution is 2.31. The van der Waals surface area contributed by atoms with Crippen molar-refractivity contribution in [2.24, 2.45) is 0 Å². The number of aromatic amines is 1. The van der Waals surface area contributed by atoms with Crippen molar-refractivity contribution in [1.29, 1.82) is 0 Å². The lowest BCUT2D eigenvalue weighted by atomic mass is 10.0. The van der Waals surface area contributed by atoms with Gasteiger partial charge in [0.25, 0.3) is 5.91 Å². The van der Waals surface area contributed by atoms with Crippen LogP contribution in [0.1, 0.15) is 69.9 Å². The Morgan fingerprint density at radius 3 is 2.52 bits per heavy atom. The third-order valence-corrected chi connectivity index (χ3v) is 6.08. The summed E-state index contributed by atoms with van der Waals surface area (Å²) in [5.74, 6) is 0.175. The summed E-state index contributed by atoms with van der Waals surface area (Å²) in [5, 5.41) is 3.09. The lowest BCUT2D eigenvalue weighted by molar-refractivity contribution is 0.0599. The minimum Gasteiger partial charge on any atom is -0.496 e. The SMILES string of the molecule is CCc1[nH]c(C(=O)NCC(c2ccccc2OC)N2CCCCC2)c(C)c1C(=O)OC. The van der Waals surface area contributed by atoms with E-state index in [4.69, 9.17) is 9.47 Å². The second kappa shape index (κ2) is 10.5. The van der Waals surface area contributed by atoms with Crippen LogP contribution in [0.4, 0.5) is 0 Å². The van der Waals surface area contributed by atoms with E-state index in [2.05, 4.69) is 21.3 Å². The molecule has 1 aromatic carbocycles. The molecule has 1 aromatic heterocycles. The Kier molecular flexibility index (Phi) is 7.74. The number of H-pyrrole nitrogens is 1. The van der Waals surface area contributed by atoms with Crippen molar-refractivity contribution in [2.45, 2.75) is 45.6 Å². The number of benzene rings is 1. The third kappa shape index (κ3) is 4.93. The lowest BCUT2D eigenvalue weighted by Gasteiger charge is -2.35. The molecule has 3 rings (SSSR count). The Balaban J connectivity index is 1.84. The minimum absolute atomic E-state index is 0.0152. The molecule has 1 aliphatic rings. The highest BCUT2D eigenvalue weighted by Gasteiger charge is 2.27. The Labute approximate surface area is 184 Å². The van der Waals surface area contributed by atoms with E-state index in [-0.39, 0.29) is 11.9 Å². The molecular formula is C24H33N3O4. The molecule has 0 aliphatic carbocycles. The quantitative estimate of drug-likeness (QED) is 0.629. The average Bonchev–Trinajstić information content (AvgIpc) is 3.15. The van der Waals surface area contributed by atoms with Crippen molar-refractivity contribution >= 4 is 11.9 Å². The molecule has 168 valence electrons. The number of esters is 1. The highest BCUT2D eigenvalue weighted by atomic mass is 16.5. The van der Waals surface area contributed by atoms with Gasteiger partial charge in [-0.15, -0.1) is 0 Å². The zero-order chi connectivity index (χ0) is 22.4. The van der Waals surface area contributed by atoms with Crippen molar-refractivity contribution in [3.05, 3.63) is 52.3 Å². The van der Waals surface area contributed by atoms with Crippen molar-refractivity contribution in [3.63, 3.8) is 0 Å². The number of methoxy groups -OCH3 is 2. The molecule has 2 heterocycles. The summed E-state index contributed by atoms with van der Waals surface area (Å²) in [6, 6.07) is 7.99. The molecular weight excluding hydrogens is 394 g/mol. The Morgan fingerprint density at radius 2 is 1.87 bits per heavy atom. The van der Waals surface area contributed by atoms with Crippen LogP contribution in [0.2, 0.25) is 0 Å². The third-order valence-electron chi connectivity index (χ3n) is 6.08. The van der Waals surface area contributed by atoms with Gasteiger partial charge in [0.2, 0.25) is 0 Å². The first kappa shape index (κ1) is 22.9. The molecule has 0 saturated carbocycles. The number of rotatable bonds is 8. The fourth-order valence-electron chi connectivity index (χ4n) is 4.41. The molecule has 1 aliphatic heterocycles. The van der Waals surface area contributed by atoms with Crippen LogP contribution in [0.25, 0.3) is 0 Å². The van der Waals surface area contributed by atoms with E-state index in [1.54, 1.807) is 14.0 Å². The molecule has 0 bridgehead atoms. The Bertz CT molecular complexity index is 916. The second-order valence-electron chi connectivity index (χ2n) is 7.89. The van der Waals surface area contributed by atoms with Gasteiger partial charge in [-0.3, -0.25) is 9.69 Å². The number of aromatic nitrogens is 1. The zero-order valence-electron chi connectivity index (χ0n) is 18.9. The van der Waals surface area contributed by atoms with Gasteiger partial charge in [-0.1, -0.05) is 31.5 Å². The van der Waals surface area contributed by atoms with Gasteiger partial charge in [0.1, 0.15) is 11.4 Å². The van der Waals surface area contributed by atoms with Gasteiger partial charge in [0, 0.05) is 17.8 Å². The van der Waals surface area contributed by atoms with E-state index in [1.165, 1.54) is 13.5 Å².